The summed E-state index contributed by atoms with van der Waals surface area (Å²) in [6, 6.07) is 0. The van der Waals surface area contributed by atoms with Crippen LogP contribution in [0.3, 0.4) is 0 Å². The molecule has 0 aromatic rings. The highest BCUT2D eigenvalue weighted by Crippen LogP contribution is 2.76. The molecule has 0 amide bonds. The molecule has 2 N–H and O–H groups in total. The van der Waals surface area contributed by atoms with Crippen LogP contribution in [0.1, 0.15) is 27.2 Å². The van der Waals surface area contributed by atoms with Crippen molar-refractivity contribution in [3.05, 3.63) is 0 Å². The zero-order valence-corrected chi connectivity index (χ0v) is 7.80. The number of rotatable bonds is 2. The topological polar surface area (TPSA) is 26.0 Å². The van der Waals surface area contributed by atoms with Crippen molar-refractivity contribution in [2.45, 2.75) is 27.2 Å². The molecule has 2 aliphatic rings. The zero-order valence-electron chi connectivity index (χ0n) is 7.80. The molecule has 0 heterocycles. The molecule has 4 unspecified atom stereocenters. The molecule has 0 spiro atoms. The van der Waals surface area contributed by atoms with Crippen LogP contribution in [0.5, 0.6) is 0 Å². The lowest BCUT2D eigenvalue weighted by Gasteiger charge is -2.30. The standard InChI is InChI=1S/C10H19N/c1-6(5-11)9-8-4-7(2)10(8,9)3/h6-9H,4-5,11H2,1-3H3/t6?,7?,8?,9?,10-/m0/s1. The highest BCUT2D eigenvalue weighted by molar-refractivity contribution is 5.19. The van der Waals surface area contributed by atoms with Gasteiger partial charge in [0.1, 0.15) is 0 Å². The lowest BCUT2D eigenvalue weighted by atomic mass is 9.75. The van der Waals surface area contributed by atoms with Gasteiger partial charge in [-0.05, 0) is 42.1 Å². The Morgan fingerprint density at radius 3 is 2.55 bits per heavy atom. The van der Waals surface area contributed by atoms with Gasteiger partial charge in [-0.3, -0.25) is 0 Å². The number of hydrogen-bond acceptors (Lipinski definition) is 1. The zero-order chi connectivity index (χ0) is 8.22. The first-order valence-electron chi connectivity index (χ1n) is 4.82. The van der Waals surface area contributed by atoms with E-state index in [9.17, 15) is 0 Å². The van der Waals surface area contributed by atoms with Gasteiger partial charge in [0.2, 0.25) is 0 Å². The predicted octanol–water partition coefficient (Wildman–Crippen LogP) is 1.87. The smallest absolute Gasteiger partial charge is 0.00485 e. The van der Waals surface area contributed by atoms with E-state index >= 15 is 0 Å². The molecule has 0 aromatic heterocycles. The average molecular weight is 153 g/mol. The van der Waals surface area contributed by atoms with Crippen molar-refractivity contribution in [2.24, 2.45) is 34.8 Å². The van der Waals surface area contributed by atoms with Crippen LogP contribution in [0.25, 0.3) is 0 Å². The van der Waals surface area contributed by atoms with Gasteiger partial charge in [0, 0.05) is 0 Å². The maximum atomic E-state index is 5.67. The Balaban J connectivity index is 2.02. The summed E-state index contributed by atoms with van der Waals surface area (Å²) < 4.78 is 0. The normalized spacial score (nSPS) is 56.2. The van der Waals surface area contributed by atoms with Gasteiger partial charge in [0.25, 0.3) is 0 Å². The number of fused-ring (bicyclic) bond motifs is 1. The summed E-state index contributed by atoms with van der Waals surface area (Å²) in [7, 11) is 0. The Kier molecular flexibility index (Phi) is 1.39. The molecule has 11 heavy (non-hydrogen) atoms. The maximum Gasteiger partial charge on any atom is -0.00485 e. The van der Waals surface area contributed by atoms with Crippen LogP contribution in [0.4, 0.5) is 0 Å². The van der Waals surface area contributed by atoms with Crippen molar-refractivity contribution in [3.63, 3.8) is 0 Å². The van der Waals surface area contributed by atoms with E-state index in [1.165, 1.54) is 6.42 Å². The first-order valence-corrected chi connectivity index (χ1v) is 4.82. The maximum absolute atomic E-state index is 5.67. The molecule has 64 valence electrons. The van der Waals surface area contributed by atoms with Crippen LogP contribution < -0.4 is 5.73 Å². The summed E-state index contributed by atoms with van der Waals surface area (Å²) in [5.74, 6) is 3.72. The fraction of sp³-hybridized carbons (Fsp3) is 1.00. The predicted molar refractivity (Wildman–Crippen MR) is 47.1 cm³/mol. The Bertz CT molecular complexity index is 176. The van der Waals surface area contributed by atoms with Gasteiger partial charge in [-0.15, -0.1) is 0 Å². The van der Waals surface area contributed by atoms with Crippen molar-refractivity contribution >= 4 is 0 Å². The third-order valence-corrected chi connectivity index (χ3v) is 4.50. The number of nitrogens with two attached hydrogens (primary N) is 1. The van der Waals surface area contributed by atoms with Gasteiger partial charge >= 0.3 is 0 Å². The van der Waals surface area contributed by atoms with Gasteiger partial charge in [-0.25, -0.2) is 0 Å². The largest absolute Gasteiger partial charge is 0.330 e. The molecule has 0 bridgehead atoms. The van der Waals surface area contributed by atoms with E-state index in [1.807, 2.05) is 0 Å². The SMILES string of the molecule is CC(CN)C1C2CC(C)[C@@]21C. The molecule has 2 rings (SSSR count). The minimum atomic E-state index is 0.707. The molecular weight excluding hydrogens is 134 g/mol. The summed E-state index contributed by atoms with van der Waals surface area (Å²) in [5, 5.41) is 0. The monoisotopic (exact) mass is 153 g/mol. The molecule has 2 saturated carbocycles. The quantitative estimate of drug-likeness (QED) is 0.644. The fourth-order valence-electron chi connectivity index (χ4n) is 3.39. The van der Waals surface area contributed by atoms with Crippen LogP contribution in [0, 0.1) is 29.1 Å². The highest BCUT2D eigenvalue weighted by atomic mass is 14.8. The Morgan fingerprint density at radius 2 is 2.27 bits per heavy atom. The van der Waals surface area contributed by atoms with E-state index < -0.39 is 0 Å². The second kappa shape index (κ2) is 2.01. The molecule has 0 aromatic carbocycles. The Hall–Kier alpha value is -0.0400. The molecule has 0 aliphatic heterocycles. The summed E-state index contributed by atoms with van der Waals surface area (Å²) in [6.07, 6.45) is 1.46. The first kappa shape index (κ1) is 7.60. The van der Waals surface area contributed by atoms with Crippen molar-refractivity contribution in [1.29, 1.82) is 0 Å². The van der Waals surface area contributed by atoms with E-state index in [-0.39, 0.29) is 0 Å². The summed E-state index contributed by atoms with van der Waals surface area (Å²) in [6.45, 7) is 8.02. The second-order valence-electron chi connectivity index (χ2n) is 4.85. The van der Waals surface area contributed by atoms with Gasteiger partial charge in [-0.2, -0.15) is 0 Å². The summed E-state index contributed by atoms with van der Waals surface area (Å²) >= 11 is 0. The number of hydrogen-bond donors (Lipinski definition) is 1. The first-order chi connectivity index (χ1) is 5.12. The lowest BCUT2D eigenvalue weighted by Crippen LogP contribution is -2.23. The van der Waals surface area contributed by atoms with E-state index in [0.717, 1.165) is 30.2 Å². The van der Waals surface area contributed by atoms with E-state index in [2.05, 4.69) is 20.8 Å². The van der Waals surface area contributed by atoms with Gasteiger partial charge in [0.05, 0.1) is 0 Å². The van der Waals surface area contributed by atoms with Gasteiger partial charge in [0.15, 0.2) is 0 Å². The van der Waals surface area contributed by atoms with Crippen molar-refractivity contribution < 1.29 is 0 Å². The summed E-state index contributed by atoms with van der Waals surface area (Å²) in [5.41, 5.74) is 6.38. The third kappa shape index (κ3) is 0.703. The van der Waals surface area contributed by atoms with Crippen LogP contribution in [0.2, 0.25) is 0 Å². The molecule has 1 heteroatoms. The van der Waals surface area contributed by atoms with Crippen molar-refractivity contribution in [3.8, 4) is 0 Å². The van der Waals surface area contributed by atoms with Crippen LogP contribution in [-0.2, 0) is 0 Å². The molecule has 2 aliphatic carbocycles. The van der Waals surface area contributed by atoms with E-state index in [1.54, 1.807) is 0 Å². The van der Waals surface area contributed by atoms with E-state index in [4.69, 9.17) is 5.73 Å². The van der Waals surface area contributed by atoms with Crippen LogP contribution in [0.15, 0.2) is 0 Å². The lowest BCUT2D eigenvalue weighted by molar-refractivity contribution is 0.192. The average Bonchev–Trinajstić information content (AvgIpc) is 2.50. The minimum Gasteiger partial charge on any atom is -0.330 e. The minimum absolute atomic E-state index is 0.707. The van der Waals surface area contributed by atoms with Gasteiger partial charge in [-0.1, -0.05) is 20.8 Å². The van der Waals surface area contributed by atoms with Crippen LogP contribution in [-0.4, -0.2) is 6.54 Å². The molecule has 0 saturated heterocycles. The Labute approximate surface area is 69.4 Å². The summed E-state index contributed by atoms with van der Waals surface area (Å²) in [4.78, 5) is 0. The second-order valence-corrected chi connectivity index (χ2v) is 4.85. The molecule has 1 nitrogen and oxygen atoms in total. The molecular formula is C10H19N. The molecule has 0 radical (unpaired) electrons. The van der Waals surface area contributed by atoms with Crippen molar-refractivity contribution in [1.82, 2.24) is 0 Å². The highest BCUT2D eigenvalue weighted by Gasteiger charge is 2.71. The fourth-order valence-corrected chi connectivity index (χ4v) is 3.39. The third-order valence-electron chi connectivity index (χ3n) is 4.50. The van der Waals surface area contributed by atoms with Crippen molar-refractivity contribution in [2.75, 3.05) is 6.54 Å². The van der Waals surface area contributed by atoms with Gasteiger partial charge < -0.3 is 5.73 Å². The van der Waals surface area contributed by atoms with Crippen LogP contribution >= 0.6 is 0 Å². The Morgan fingerprint density at radius 1 is 1.64 bits per heavy atom. The molecule has 2 fully saturated rings. The molecule has 5 atom stereocenters. The van der Waals surface area contributed by atoms with E-state index in [0.29, 0.717) is 5.41 Å².